The number of carbonyl (C=O) groups is 1. The summed E-state index contributed by atoms with van der Waals surface area (Å²) >= 11 is 1.30. The van der Waals surface area contributed by atoms with Gasteiger partial charge in [0.25, 0.3) is 5.56 Å². The summed E-state index contributed by atoms with van der Waals surface area (Å²) in [6, 6.07) is 14.6. The molecule has 0 aliphatic rings. The van der Waals surface area contributed by atoms with Crippen LogP contribution in [0.2, 0.25) is 0 Å². The highest BCUT2D eigenvalue weighted by Gasteiger charge is 2.20. The number of hydrogen-bond acceptors (Lipinski definition) is 6. The van der Waals surface area contributed by atoms with Crippen LogP contribution in [0.25, 0.3) is 10.9 Å². The first-order valence-electron chi connectivity index (χ1n) is 11.3. The van der Waals surface area contributed by atoms with Gasteiger partial charge in [-0.25, -0.2) is 4.98 Å². The molecule has 7 nitrogen and oxygen atoms in total. The van der Waals surface area contributed by atoms with Crippen molar-refractivity contribution in [2.24, 2.45) is 0 Å². The molecule has 33 heavy (non-hydrogen) atoms. The van der Waals surface area contributed by atoms with Crippen LogP contribution in [0.3, 0.4) is 0 Å². The summed E-state index contributed by atoms with van der Waals surface area (Å²) in [5, 5.41) is 3.63. The first-order valence-corrected chi connectivity index (χ1v) is 12.2. The fraction of sp³-hybridized carbons (Fsp3) is 0.400. The van der Waals surface area contributed by atoms with E-state index in [9.17, 15) is 9.59 Å². The number of hydrogen-bond donors (Lipinski definition) is 1. The van der Waals surface area contributed by atoms with Crippen LogP contribution < -0.4 is 15.6 Å². The zero-order chi connectivity index (χ0) is 23.8. The molecule has 0 radical (unpaired) electrons. The van der Waals surface area contributed by atoms with Gasteiger partial charge in [-0.15, -0.1) is 0 Å². The Kier molecular flexibility index (Phi) is 8.91. The van der Waals surface area contributed by atoms with Gasteiger partial charge in [-0.3, -0.25) is 14.2 Å². The van der Waals surface area contributed by atoms with E-state index in [4.69, 9.17) is 9.72 Å². The van der Waals surface area contributed by atoms with Crippen molar-refractivity contribution in [3.05, 3.63) is 58.9 Å². The molecule has 1 unspecified atom stereocenters. The van der Waals surface area contributed by atoms with E-state index in [2.05, 4.69) is 24.1 Å². The minimum absolute atomic E-state index is 0.0666. The minimum Gasteiger partial charge on any atom is -0.497 e. The molecule has 0 aliphatic carbocycles. The van der Waals surface area contributed by atoms with Crippen molar-refractivity contribution in [2.45, 2.75) is 44.1 Å². The summed E-state index contributed by atoms with van der Waals surface area (Å²) in [4.78, 5) is 33.2. The van der Waals surface area contributed by atoms with E-state index in [1.807, 2.05) is 43.3 Å². The van der Waals surface area contributed by atoms with E-state index in [1.165, 1.54) is 11.8 Å². The van der Waals surface area contributed by atoms with Crippen molar-refractivity contribution in [1.29, 1.82) is 0 Å². The van der Waals surface area contributed by atoms with Crippen molar-refractivity contribution in [3.8, 4) is 5.75 Å². The van der Waals surface area contributed by atoms with E-state index in [1.54, 1.807) is 23.8 Å². The number of ether oxygens (including phenoxy) is 1. The van der Waals surface area contributed by atoms with Gasteiger partial charge >= 0.3 is 0 Å². The largest absolute Gasteiger partial charge is 0.497 e. The highest BCUT2D eigenvalue weighted by molar-refractivity contribution is 8.00. The van der Waals surface area contributed by atoms with Crippen molar-refractivity contribution >= 4 is 34.3 Å². The van der Waals surface area contributed by atoms with Crippen LogP contribution in [-0.4, -0.2) is 52.4 Å². The quantitative estimate of drug-likeness (QED) is 0.335. The predicted octanol–water partition coefficient (Wildman–Crippen LogP) is 4.26. The van der Waals surface area contributed by atoms with Gasteiger partial charge in [0.1, 0.15) is 5.75 Å². The molecular weight excluding hydrogens is 436 g/mol. The van der Waals surface area contributed by atoms with E-state index in [0.29, 0.717) is 34.0 Å². The van der Waals surface area contributed by atoms with Gasteiger partial charge in [-0.2, -0.15) is 0 Å². The number of carbonyl (C=O) groups excluding carboxylic acids is 1. The average molecular weight is 469 g/mol. The average Bonchev–Trinajstić information content (AvgIpc) is 2.83. The number of thioether (sulfide) groups is 1. The number of nitrogens with zero attached hydrogens (tertiary/aromatic N) is 3. The second kappa shape index (κ2) is 11.9. The molecule has 8 heteroatoms. The number of nitrogens with one attached hydrogen (secondary N) is 1. The van der Waals surface area contributed by atoms with Crippen molar-refractivity contribution in [3.63, 3.8) is 0 Å². The molecule has 0 saturated carbocycles. The maximum Gasteiger partial charge on any atom is 0.262 e. The summed E-state index contributed by atoms with van der Waals surface area (Å²) < 4.78 is 6.94. The number of fused-ring (bicyclic) bond motifs is 1. The predicted molar refractivity (Wildman–Crippen MR) is 135 cm³/mol. The van der Waals surface area contributed by atoms with Gasteiger partial charge in [0, 0.05) is 18.3 Å². The first-order chi connectivity index (χ1) is 16.0. The van der Waals surface area contributed by atoms with E-state index in [0.717, 1.165) is 26.1 Å². The summed E-state index contributed by atoms with van der Waals surface area (Å²) in [6.07, 6.45) is 0.833. The molecule has 1 amide bonds. The van der Waals surface area contributed by atoms with Crippen LogP contribution >= 0.6 is 11.8 Å². The van der Waals surface area contributed by atoms with Crippen LogP contribution in [0.1, 0.15) is 27.2 Å². The number of methoxy groups -OCH3 is 1. The van der Waals surface area contributed by atoms with E-state index >= 15 is 0 Å². The molecule has 1 aromatic heterocycles. The summed E-state index contributed by atoms with van der Waals surface area (Å²) in [7, 11) is 1.59. The molecule has 2 aromatic carbocycles. The SMILES string of the molecule is CCN(CC)CCCn1c(SC(C)C(=O)Nc2cccc(OC)c2)nc2ccccc2c1=O. The van der Waals surface area contributed by atoms with Gasteiger partial charge in [0.05, 0.1) is 23.3 Å². The van der Waals surface area contributed by atoms with Crippen LogP contribution in [0.4, 0.5) is 5.69 Å². The molecular formula is C25H32N4O3S. The number of amides is 1. The van der Waals surface area contributed by atoms with Gasteiger partial charge < -0.3 is 15.0 Å². The molecule has 1 heterocycles. The van der Waals surface area contributed by atoms with Crippen molar-refractivity contribution < 1.29 is 9.53 Å². The Hall–Kier alpha value is -2.84. The Morgan fingerprint density at radius 2 is 1.94 bits per heavy atom. The zero-order valence-corrected chi connectivity index (χ0v) is 20.5. The highest BCUT2D eigenvalue weighted by Crippen LogP contribution is 2.25. The van der Waals surface area contributed by atoms with Crippen molar-refractivity contribution in [1.82, 2.24) is 14.5 Å². The highest BCUT2D eigenvalue weighted by atomic mass is 32.2. The van der Waals surface area contributed by atoms with Crippen LogP contribution in [-0.2, 0) is 11.3 Å². The van der Waals surface area contributed by atoms with Gasteiger partial charge in [-0.05, 0) is 57.2 Å². The Morgan fingerprint density at radius 3 is 2.67 bits per heavy atom. The normalized spacial score (nSPS) is 12.2. The second-order valence-corrected chi connectivity index (χ2v) is 9.04. The van der Waals surface area contributed by atoms with Gasteiger partial charge in [0.15, 0.2) is 5.16 Å². The number of benzene rings is 2. The fourth-order valence-corrected chi connectivity index (χ4v) is 4.52. The molecule has 1 atom stereocenters. The molecule has 1 N–H and O–H groups in total. The maximum atomic E-state index is 13.3. The van der Waals surface area contributed by atoms with Crippen LogP contribution in [0, 0.1) is 0 Å². The standard InChI is InChI=1S/C25H32N4O3S/c1-5-28(6-2)15-10-16-29-24(31)21-13-7-8-14-22(21)27-25(29)33-18(3)23(30)26-19-11-9-12-20(17-19)32-4/h7-9,11-14,17-18H,5-6,10,15-16H2,1-4H3,(H,26,30). The summed E-state index contributed by atoms with van der Waals surface area (Å²) in [6.45, 7) is 9.51. The topological polar surface area (TPSA) is 76.5 Å². The Bertz CT molecular complexity index is 1140. The first kappa shape index (κ1) is 24.8. The van der Waals surface area contributed by atoms with Crippen LogP contribution in [0.15, 0.2) is 58.5 Å². The Morgan fingerprint density at radius 1 is 1.18 bits per heavy atom. The van der Waals surface area contributed by atoms with Crippen molar-refractivity contribution in [2.75, 3.05) is 32.1 Å². The number of rotatable bonds is 11. The molecule has 0 saturated heterocycles. The lowest BCUT2D eigenvalue weighted by atomic mass is 10.2. The number of anilines is 1. The number of aromatic nitrogens is 2. The summed E-state index contributed by atoms with van der Waals surface area (Å²) in [5.74, 6) is 0.511. The third-order valence-corrected chi connectivity index (χ3v) is 6.66. The lowest BCUT2D eigenvalue weighted by Crippen LogP contribution is -2.29. The molecule has 176 valence electrons. The molecule has 0 bridgehead atoms. The van der Waals surface area contributed by atoms with E-state index in [-0.39, 0.29) is 11.5 Å². The van der Waals surface area contributed by atoms with Gasteiger partial charge in [0.2, 0.25) is 5.91 Å². The fourth-order valence-electron chi connectivity index (χ4n) is 3.58. The zero-order valence-electron chi connectivity index (χ0n) is 19.7. The monoisotopic (exact) mass is 468 g/mol. The van der Waals surface area contributed by atoms with E-state index < -0.39 is 5.25 Å². The van der Waals surface area contributed by atoms with Crippen LogP contribution in [0.5, 0.6) is 5.75 Å². The smallest absolute Gasteiger partial charge is 0.262 e. The Labute approximate surface area is 199 Å². The third kappa shape index (κ3) is 6.36. The second-order valence-electron chi connectivity index (χ2n) is 7.73. The Balaban J connectivity index is 1.82. The maximum absolute atomic E-state index is 13.3. The lowest BCUT2D eigenvalue weighted by Gasteiger charge is -2.20. The molecule has 3 aromatic rings. The molecule has 0 fully saturated rings. The lowest BCUT2D eigenvalue weighted by molar-refractivity contribution is -0.115. The minimum atomic E-state index is -0.446. The molecule has 0 spiro atoms. The summed E-state index contributed by atoms with van der Waals surface area (Å²) in [5.41, 5.74) is 1.24. The third-order valence-electron chi connectivity index (χ3n) is 5.57. The molecule has 3 rings (SSSR count). The van der Waals surface area contributed by atoms with Gasteiger partial charge in [-0.1, -0.05) is 43.8 Å². The molecule has 0 aliphatic heterocycles. The number of para-hydroxylation sites is 1.